The van der Waals surface area contributed by atoms with Crippen molar-refractivity contribution in [3.05, 3.63) is 23.8 Å². The van der Waals surface area contributed by atoms with Crippen LogP contribution >= 0.6 is 0 Å². The lowest BCUT2D eigenvalue weighted by Crippen LogP contribution is -2.21. The van der Waals surface area contributed by atoms with Crippen molar-refractivity contribution in [3.8, 4) is 11.5 Å². The van der Waals surface area contributed by atoms with Gasteiger partial charge in [-0.25, -0.2) is 0 Å². The predicted molar refractivity (Wildman–Crippen MR) is 81.6 cm³/mol. The zero-order chi connectivity index (χ0) is 14.8. The molecule has 0 aromatic heterocycles. The highest BCUT2D eigenvalue weighted by atomic mass is 16.5. The quantitative estimate of drug-likeness (QED) is 0.669. The molecule has 4 nitrogen and oxygen atoms in total. The van der Waals surface area contributed by atoms with Gasteiger partial charge < -0.3 is 19.5 Å². The lowest BCUT2D eigenvalue weighted by Gasteiger charge is -2.13. The van der Waals surface area contributed by atoms with Gasteiger partial charge in [0.15, 0.2) is 11.5 Å². The van der Waals surface area contributed by atoms with Gasteiger partial charge in [-0.2, -0.15) is 0 Å². The Hall–Kier alpha value is -1.26. The number of hydrogen-bond acceptors (Lipinski definition) is 4. The molecule has 0 amide bonds. The summed E-state index contributed by atoms with van der Waals surface area (Å²) in [5.74, 6) is 1.60. The maximum absolute atomic E-state index is 5.81. The SMILES string of the molecule is COCCCCOc1cc(CNC(C)C)ccc1OC. The van der Waals surface area contributed by atoms with E-state index in [1.807, 2.05) is 12.1 Å². The predicted octanol–water partition coefficient (Wildman–Crippen LogP) is 3.00. The Kier molecular flexibility index (Phi) is 8.07. The molecule has 0 heterocycles. The summed E-state index contributed by atoms with van der Waals surface area (Å²) in [7, 11) is 3.38. The van der Waals surface area contributed by atoms with Crippen LogP contribution in [0.5, 0.6) is 11.5 Å². The number of benzene rings is 1. The van der Waals surface area contributed by atoms with Crippen molar-refractivity contribution in [2.75, 3.05) is 27.4 Å². The number of methoxy groups -OCH3 is 2. The van der Waals surface area contributed by atoms with E-state index in [2.05, 4.69) is 25.2 Å². The molecule has 0 fully saturated rings. The number of ether oxygens (including phenoxy) is 3. The second-order valence-electron chi connectivity index (χ2n) is 5.07. The number of hydrogen-bond donors (Lipinski definition) is 1. The van der Waals surface area contributed by atoms with Crippen molar-refractivity contribution in [2.24, 2.45) is 0 Å². The summed E-state index contributed by atoms with van der Waals surface area (Å²) in [6.45, 7) is 6.56. The summed E-state index contributed by atoms with van der Waals surface area (Å²) >= 11 is 0. The van der Waals surface area contributed by atoms with Gasteiger partial charge in [0.25, 0.3) is 0 Å². The van der Waals surface area contributed by atoms with Gasteiger partial charge in [-0.15, -0.1) is 0 Å². The molecule has 0 atom stereocenters. The maximum atomic E-state index is 5.81. The fourth-order valence-electron chi connectivity index (χ4n) is 1.80. The first kappa shape index (κ1) is 16.8. The third-order valence-electron chi connectivity index (χ3n) is 2.94. The molecule has 1 aromatic rings. The molecule has 0 aliphatic carbocycles. The van der Waals surface area contributed by atoms with E-state index in [1.165, 1.54) is 5.56 Å². The van der Waals surface area contributed by atoms with Gasteiger partial charge in [-0.1, -0.05) is 19.9 Å². The third-order valence-corrected chi connectivity index (χ3v) is 2.94. The van der Waals surface area contributed by atoms with Gasteiger partial charge in [-0.05, 0) is 30.5 Å². The van der Waals surface area contributed by atoms with E-state index in [9.17, 15) is 0 Å². The second kappa shape index (κ2) is 9.61. The van der Waals surface area contributed by atoms with Gasteiger partial charge in [0.2, 0.25) is 0 Å². The molecule has 114 valence electrons. The first-order chi connectivity index (χ1) is 9.67. The topological polar surface area (TPSA) is 39.7 Å². The molecule has 0 bridgehead atoms. The Morgan fingerprint density at radius 1 is 1.05 bits per heavy atom. The molecule has 0 saturated carbocycles. The minimum Gasteiger partial charge on any atom is -0.493 e. The average Bonchev–Trinajstić information content (AvgIpc) is 2.45. The lowest BCUT2D eigenvalue weighted by molar-refractivity contribution is 0.183. The fourth-order valence-corrected chi connectivity index (χ4v) is 1.80. The summed E-state index contributed by atoms with van der Waals surface area (Å²) in [5.41, 5.74) is 1.20. The number of unbranched alkanes of at least 4 members (excludes halogenated alkanes) is 1. The fraction of sp³-hybridized carbons (Fsp3) is 0.625. The highest BCUT2D eigenvalue weighted by molar-refractivity contribution is 5.42. The normalized spacial score (nSPS) is 10.8. The second-order valence-corrected chi connectivity index (χ2v) is 5.07. The largest absolute Gasteiger partial charge is 0.493 e. The van der Waals surface area contributed by atoms with Crippen LogP contribution in [0.15, 0.2) is 18.2 Å². The van der Waals surface area contributed by atoms with Crippen LogP contribution in [0.1, 0.15) is 32.3 Å². The lowest BCUT2D eigenvalue weighted by atomic mass is 10.2. The molecule has 0 spiro atoms. The average molecular weight is 281 g/mol. The van der Waals surface area contributed by atoms with Crippen LogP contribution in [0.25, 0.3) is 0 Å². The van der Waals surface area contributed by atoms with E-state index < -0.39 is 0 Å². The van der Waals surface area contributed by atoms with Crippen LogP contribution in [0.4, 0.5) is 0 Å². The Labute approximate surface area is 122 Å². The van der Waals surface area contributed by atoms with Crippen molar-refractivity contribution in [2.45, 2.75) is 39.3 Å². The molecule has 0 unspecified atom stereocenters. The van der Waals surface area contributed by atoms with Gasteiger partial charge >= 0.3 is 0 Å². The Morgan fingerprint density at radius 3 is 2.45 bits per heavy atom. The summed E-state index contributed by atoms with van der Waals surface area (Å²) in [6.07, 6.45) is 1.98. The van der Waals surface area contributed by atoms with E-state index in [0.717, 1.165) is 37.5 Å². The van der Waals surface area contributed by atoms with E-state index in [4.69, 9.17) is 14.2 Å². The van der Waals surface area contributed by atoms with Crippen LogP contribution in [0.3, 0.4) is 0 Å². The maximum Gasteiger partial charge on any atom is 0.161 e. The van der Waals surface area contributed by atoms with Crippen LogP contribution in [-0.4, -0.2) is 33.5 Å². The van der Waals surface area contributed by atoms with Crippen LogP contribution in [-0.2, 0) is 11.3 Å². The van der Waals surface area contributed by atoms with E-state index in [-0.39, 0.29) is 0 Å². The Balaban J connectivity index is 2.54. The molecular formula is C16H27NO3. The van der Waals surface area contributed by atoms with Crippen molar-refractivity contribution in [3.63, 3.8) is 0 Å². The zero-order valence-electron chi connectivity index (χ0n) is 13.1. The van der Waals surface area contributed by atoms with E-state index in [0.29, 0.717) is 12.6 Å². The summed E-state index contributed by atoms with van der Waals surface area (Å²) in [4.78, 5) is 0. The van der Waals surface area contributed by atoms with Gasteiger partial charge in [-0.3, -0.25) is 0 Å². The van der Waals surface area contributed by atoms with Crippen LogP contribution in [0, 0.1) is 0 Å². The number of rotatable bonds is 10. The minimum absolute atomic E-state index is 0.468. The molecule has 1 N–H and O–H groups in total. The molecule has 0 radical (unpaired) electrons. The van der Waals surface area contributed by atoms with Crippen molar-refractivity contribution in [1.82, 2.24) is 5.32 Å². The Bertz CT molecular complexity index is 380. The molecule has 1 rings (SSSR count). The van der Waals surface area contributed by atoms with E-state index in [1.54, 1.807) is 14.2 Å². The highest BCUT2D eigenvalue weighted by Crippen LogP contribution is 2.28. The Morgan fingerprint density at radius 2 is 1.80 bits per heavy atom. The highest BCUT2D eigenvalue weighted by Gasteiger charge is 2.06. The monoisotopic (exact) mass is 281 g/mol. The van der Waals surface area contributed by atoms with Gasteiger partial charge in [0.1, 0.15) is 0 Å². The third kappa shape index (κ3) is 6.26. The molecule has 0 aliphatic heterocycles. The van der Waals surface area contributed by atoms with Crippen molar-refractivity contribution < 1.29 is 14.2 Å². The molecular weight excluding hydrogens is 254 g/mol. The van der Waals surface area contributed by atoms with Crippen LogP contribution in [0.2, 0.25) is 0 Å². The molecule has 4 heteroatoms. The standard InChI is InChI=1S/C16H27NO3/c1-13(2)17-12-14-7-8-15(19-4)16(11-14)20-10-6-5-9-18-3/h7-8,11,13,17H,5-6,9-10,12H2,1-4H3. The van der Waals surface area contributed by atoms with Crippen LogP contribution < -0.4 is 14.8 Å². The summed E-state index contributed by atoms with van der Waals surface area (Å²) in [5, 5.41) is 3.40. The smallest absolute Gasteiger partial charge is 0.161 e. The first-order valence-corrected chi connectivity index (χ1v) is 7.19. The van der Waals surface area contributed by atoms with Crippen molar-refractivity contribution >= 4 is 0 Å². The summed E-state index contributed by atoms with van der Waals surface area (Å²) in [6, 6.07) is 6.54. The number of nitrogens with one attached hydrogen (secondary N) is 1. The molecule has 20 heavy (non-hydrogen) atoms. The van der Waals surface area contributed by atoms with Gasteiger partial charge in [0, 0.05) is 26.3 Å². The molecule has 0 aliphatic rings. The zero-order valence-corrected chi connectivity index (χ0v) is 13.1. The minimum atomic E-state index is 0.468. The molecule has 1 aromatic carbocycles. The van der Waals surface area contributed by atoms with Crippen molar-refractivity contribution in [1.29, 1.82) is 0 Å². The summed E-state index contributed by atoms with van der Waals surface area (Å²) < 4.78 is 16.2. The molecule has 0 saturated heterocycles. The first-order valence-electron chi connectivity index (χ1n) is 7.19. The van der Waals surface area contributed by atoms with E-state index >= 15 is 0 Å². The van der Waals surface area contributed by atoms with Gasteiger partial charge in [0.05, 0.1) is 13.7 Å².